The van der Waals surface area contributed by atoms with Gasteiger partial charge in [-0.1, -0.05) is 30.3 Å². The number of tetrazole rings is 1. The highest BCUT2D eigenvalue weighted by Gasteiger charge is 2.21. The van der Waals surface area contributed by atoms with Crippen LogP contribution < -0.4 is 15.0 Å². The zero-order chi connectivity index (χ0) is 24.9. The third kappa shape index (κ3) is 5.39. The molecule has 10 nitrogen and oxygen atoms in total. The average Bonchev–Trinajstić information content (AvgIpc) is 3.57. The lowest BCUT2D eigenvalue weighted by atomic mass is 10.1. The Bertz CT molecular complexity index is 1360. The van der Waals surface area contributed by atoms with E-state index in [0.29, 0.717) is 48.8 Å². The van der Waals surface area contributed by atoms with E-state index in [0.717, 1.165) is 36.2 Å². The summed E-state index contributed by atoms with van der Waals surface area (Å²) in [5.74, 6) is 1.92. The molecule has 1 aliphatic rings. The second-order valence-electron chi connectivity index (χ2n) is 8.96. The van der Waals surface area contributed by atoms with Crippen LogP contribution >= 0.6 is 0 Å². The number of nitrogens with zero attached hydrogens (tertiary/aromatic N) is 5. The lowest BCUT2D eigenvalue weighted by Gasteiger charge is -2.22. The molecule has 0 saturated carbocycles. The second-order valence-corrected chi connectivity index (χ2v) is 8.96. The summed E-state index contributed by atoms with van der Waals surface area (Å²) in [5.41, 5.74) is 2.33. The van der Waals surface area contributed by atoms with Gasteiger partial charge in [-0.25, -0.2) is 4.68 Å². The van der Waals surface area contributed by atoms with Crippen LogP contribution in [0, 0.1) is 0 Å². The first-order valence-corrected chi connectivity index (χ1v) is 12.0. The first-order valence-electron chi connectivity index (χ1n) is 12.0. The third-order valence-corrected chi connectivity index (χ3v) is 6.44. The van der Waals surface area contributed by atoms with Crippen molar-refractivity contribution in [3.05, 3.63) is 75.8 Å². The summed E-state index contributed by atoms with van der Waals surface area (Å²) in [4.78, 5) is 18.2. The molecule has 2 aromatic heterocycles. The minimum absolute atomic E-state index is 0.130. The minimum atomic E-state index is -0.147. The highest BCUT2D eigenvalue weighted by atomic mass is 16.5. The summed E-state index contributed by atoms with van der Waals surface area (Å²) in [7, 11) is 3.17. The zero-order valence-electron chi connectivity index (χ0n) is 20.5. The maximum atomic E-state index is 13.1. The van der Waals surface area contributed by atoms with Crippen molar-refractivity contribution in [3.8, 4) is 11.5 Å². The Morgan fingerprint density at radius 1 is 1.08 bits per heavy atom. The fourth-order valence-electron chi connectivity index (χ4n) is 4.61. The molecule has 1 fully saturated rings. The van der Waals surface area contributed by atoms with Crippen LogP contribution in [0.5, 0.6) is 11.5 Å². The predicted octanol–water partition coefficient (Wildman–Crippen LogP) is 2.91. The number of H-pyrrole nitrogens is 1. The lowest BCUT2D eigenvalue weighted by Crippen LogP contribution is -2.29. The van der Waals surface area contributed by atoms with Crippen LogP contribution in [0.2, 0.25) is 0 Å². The van der Waals surface area contributed by atoms with Gasteiger partial charge in [-0.2, -0.15) is 0 Å². The van der Waals surface area contributed by atoms with E-state index >= 15 is 0 Å². The van der Waals surface area contributed by atoms with Crippen molar-refractivity contribution in [2.75, 3.05) is 20.8 Å². The van der Waals surface area contributed by atoms with E-state index in [9.17, 15) is 4.79 Å². The van der Waals surface area contributed by atoms with E-state index in [4.69, 9.17) is 14.2 Å². The summed E-state index contributed by atoms with van der Waals surface area (Å²) < 4.78 is 18.4. The molecule has 2 aromatic carbocycles. The summed E-state index contributed by atoms with van der Waals surface area (Å²) in [5, 5.41) is 13.3. The van der Waals surface area contributed by atoms with Gasteiger partial charge in [0.05, 0.1) is 38.9 Å². The van der Waals surface area contributed by atoms with Gasteiger partial charge >= 0.3 is 0 Å². The molecule has 0 unspecified atom stereocenters. The van der Waals surface area contributed by atoms with E-state index in [1.807, 2.05) is 35.0 Å². The summed E-state index contributed by atoms with van der Waals surface area (Å²) in [6.45, 7) is 2.94. The van der Waals surface area contributed by atoms with E-state index in [1.54, 1.807) is 20.3 Å². The minimum Gasteiger partial charge on any atom is -0.493 e. The fourth-order valence-corrected chi connectivity index (χ4v) is 4.61. The molecule has 4 aromatic rings. The second kappa shape index (κ2) is 10.9. The molecule has 1 N–H and O–H groups in total. The van der Waals surface area contributed by atoms with Crippen LogP contribution in [-0.2, 0) is 30.9 Å². The molecular formula is C26H30N6O4. The van der Waals surface area contributed by atoms with Gasteiger partial charge in [0, 0.05) is 36.7 Å². The van der Waals surface area contributed by atoms with Gasteiger partial charge in [-0.15, -0.1) is 5.10 Å². The van der Waals surface area contributed by atoms with Crippen LogP contribution in [0.1, 0.15) is 29.8 Å². The molecule has 1 aliphatic heterocycles. The summed E-state index contributed by atoms with van der Waals surface area (Å²) in [6, 6.07) is 15.7. The standard InChI is InChI=1S/C26H30N6O4/c1-34-23-12-19-11-20(26(33)27-22(19)13-24(23)35-2)15-31(14-18-7-4-3-5-8-18)17-25-28-29-30-32(25)16-21-9-6-10-36-21/h3-5,7-8,11-13,21H,6,9-10,14-17H2,1-2H3,(H,27,33)/t21-/m1/s1. The molecule has 1 atom stereocenters. The molecule has 188 valence electrons. The summed E-state index contributed by atoms with van der Waals surface area (Å²) >= 11 is 0. The largest absolute Gasteiger partial charge is 0.493 e. The maximum absolute atomic E-state index is 13.1. The van der Waals surface area contributed by atoms with Crippen LogP contribution in [-0.4, -0.2) is 57.0 Å². The fraction of sp³-hybridized carbons (Fsp3) is 0.385. The molecule has 3 heterocycles. The van der Waals surface area contributed by atoms with Gasteiger partial charge in [0.25, 0.3) is 5.56 Å². The van der Waals surface area contributed by atoms with Crippen LogP contribution in [0.3, 0.4) is 0 Å². The molecule has 0 spiro atoms. The van der Waals surface area contributed by atoms with Gasteiger partial charge in [0.15, 0.2) is 17.3 Å². The van der Waals surface area contributed by atoms with Gasteiger partial charge in [-0.3, -0.25) is 9.69 Å². The number of nitrogens with one attached hydrogen (secondary N) is 1. The Kier molecular flexibility index (Phi) is 7.24. The van der Waals surface area contributed by atoms with Gasteiger partial charge in [-0.05, 0) is 41.0 Å². The Balaban J connectivity index is 1.44. The molecule has 0 aliphatic carbocycles. The molecule has 0 radical (unpaired) electrons. The Morgan fingerprint density at radius 2 is 1.89 bits per heavy atom. The number of aromatic nitrogens is 5. The van der Waals surface area contributed by atoms with Crippen LogP contribution in [0.15, 0.2) is 53.3 Å². The number of ether oxygens (including phenoxy) is 3. The van der Waals surface area contributed by atoms with Crippen LogP contribution in [0.25, 0.3) is 10.9 Å². The van der Waals surface area contributed by atoms with Crippen molar-refractivity contribution in [1.82, 2.24) is 30.1 Å². The Labute approximate surface area is 208 Å². The van der Waals surface area contributed by atoms with E-state index < -0.39 is 0 Å². The third-order valence-electron chi connectivity index (χ3n) is 6.44. The smallest absolute Gasteiger partial charge is 0.252 e. The normalized spacial score (nSPS) is 15.6. The number of pyridine rings is 1. The molecule has 0 amide bonds. The maximum Gasteiger partial charge on any atom is 0.252 e. The van der Waals surface area contributed by atoms with Crippen molar-refractivity contribution >= 4 is 10.9 Å². The topological polar surface area (TPSA) is 107 Å². The van der Waals surface area contributed by atoms with Crippen molar-refractivity contribution in [2.24, 2.45) is 0 Å². The van der Waals surface area contributed by atoms with Crippen molar-refractivity contribution < 1.29 is 14.2 Å². The Hall–Kier alpha value is -3.76. The number of methoxy groups -OCH3 is 2. The monoisotopic (exact) mass is 490 g/mol. The quantitative estimate of drug-likeness (QED) is 0.362. The highest BCUT2D eigenvalue weighted by Crippen LogP contribution is 2.31. The number of aromatic amines is 1. The number of benzene rings is 2. The van der Waals surface area contributed by atoms with Crippen molar-refractivity contribution in [3.63, 3.8) is 0 Å². The molecule has 1 saturated heterocycles. The Morgan fingerprint density at radius 3 is 2.64 bits per heavy atom. The first kappa shape index (κ1) is 24.0. The predicted molar refractivity (Wildman–Crippen MR) is 134 cm³/mol. The van der Waals surface area contributed by atoms with Crippen LogP contribution in [0.4, 0.5) is 0 Å². The number of rotatable bonds is 10. The zero-order valence-corrected chi connectivity index (χ0v) is 20.5. The number of fused-ring (bicyclic) bond motifs is 1. The molecule has 10 heteroatoms. The van der Waals surface area contributed by atoms with Crippen molar-refractivity contribution in [1.29, 1.82) is 0 Å². The molecule has 0 bridgehead atoms. The summed E-state index contributed by atoms with van der Waals surface area (Å²) in [6.07, 6.45) is 2.20. The molecular weight excluding hydrogens is 460 g/mol. The van der Waals surface area contributed by atoms with E-state index in [1.165, 1.54) is 0 Å². The van der Waals surface area contributed by atoms with Gasteiger partial charge < -0.3 is 19.2 Å². The SMILES string of the molecule is COc1cc2cc(CN(Cc3ccccc3)Cc3nnnn3C[C@H]3CCCO3)c(=O)[nH]c2cc1OC. The van der Waals surface area contributed by atoms with Gasteiger partial charge in [0.1, 0.15) is 0 Å². The van der Waals surface area contributed by atoms with E-state index in [-0.39, 0.29) is 11.7 Å². The van der Waals surface area contributed by atoms with Gasteiger partial charge in [0.2, 0.25) is 0 Å². The lowest BCUT2D eigenvalue weighted by molar-refractivity contribution is 0.0914. The van der Waals surface area contributed by atoms with Crippen molar-refractivity contribution in [2.45, 2.75) is 45.1 Å². The first-order chi connectivity index (χ1) is 17.6. The molecule has 36 heavy (non-hydrogen) atoms. The highest BCUT2D eigenvalue weighted by molar-refractivity contribution is 5.83. The average molecular weight is 491 g/mol. The number of hydrogen-bond donors (Lipinski definition) is 1. The number of hydrogen-bond acceptors (Lipinski definition) is 8. The molecule has 5 rings (SSSR count). The van der Waals surface area contributed by atoms with E-state index in [2.05, 4.69) is 37.5 Å².